The smallest absolute Gasteiger partial charge is 0.230 e. The van der Waals surface area contributed by atoms with E-state index >= 15 is 0 Å². The van der Waals surface area contributed by atoms with E-state index < -0.39 is 0 Å². The van der Waals surface area contributed by atoms with Gasteiger partial charge in [-0.3, -0.25) is 4.68 Å². The Morgan fingerprint density at radius 1 is 1.33 bits per heavy atom. The lowest BCUT2D eigenvalue weighted by molar-refractivity contribution is 0.301. The molecular formula is C12H17N5O. The van der Waals surface area contributed by atoms with E-state index in [0.717, 1.165) is 37.3 Å². The number of nitrogens with zero attached hydrogens (tertiary/aromatic N) is 4. The van der Waals surface area contributed by atoms with Crippen LogP contribution in [0.4, 0.5) is 0 Å². The summed E-state index contributed by atoms with van der Waals surface area (Å²) >= 11 is 0. The van der Waals surface area contributed by atoms with Gasteiger partial charge in [0.05, 0.1) is 0 Å². The lowest BCUT2D eigenvalue weighted by Crippen LogP contribution is -2.25. The molecule has 1 saturated carbocycles. The zero-order valence-electron chi connectivity index (χ0n) is 10.4. The van der Waals surface area contributed by atoms with Gasteiger partial charge in [-0.25, -0.2) is 0 Å². The third-order valence-electron chi connectivity index (χ3n) is 3.51. The molecule has 0 bridgehead atoms. The van der Waals surface area contributed by atoms with E-state index in [1.54, 1.807) is 4.68 Å². The summed E-state index contributed by atoms with van der Waals surface area (Å²) < 4.78 is 7.08. The van der Waals surface area contributed by atoms with Crippen LogP contribution in [0, 0.1) is 0 Å². The van der Waals surface area contributed by atoms with E-state index in [1.165, 1.54) is 0 Å². The topological polar surface area (TPSA) is 82.8 Å². The first-order valence-corrected chi connectivity index (χ1v) is 6.31. The number of aromatic nitrogens is 4. The molecule has 1 aliphatic carbocycles. The number of nitrogens with two attached hydrogens (primary N) is 1. The molecule has 2 heterocycles. The molecule has 6 nitrogen and oxygen atoms in total. The van der Waals surface area contributed by atoms with E-state index in [2.05, 4.69) is 15.2 Å². The fourth-order valence-electron chi connectivity index (χ4n) is 2.41. The van der Waals surface area contributed by atoms with Gasteiger partial charge < -0.3 is 10.3 Å². The monoisotopic (exact) mass is 247 g/mol. The number of hydrogen-bond acceptors (Lipinski definition) is 5. The molecule has 18 heavy (non-hydrogen) atoms. The predicted molar refractivity (Wildman–Crippen MR) is 65.7 cm³/mol. The Labute approximate surface area is 105 Å². The van der Waals surface area contributed by atoms with Gasteiger partial charge in [-0.2, -0.15) is 10.1 Å². The maximum absolute atomic E-state index is 5.89. The first-order chi connectivity index (χ1) is 8.72. The van der Waals surface area contributed by atoms with Gasteiger partial charge in [-0.1, -0.05) is 5.16 Å². The average Bonchev–Trinajstić information content (AvgIpc) is 2.98. The highest BCUT2D eigenvalue weighted by atomic mass is 16.5. The molecule has 1 fully saturated rings. The summed E-state index contributed by atoms with van der Waals surface area (Å²) in [5.74, 6) is 1.65. The molecule has 0 saturated heterocycles. The Hall–Kier alpha value is -1.69. The van der Waals surface area contributed by atoms with Gasteiger partial charge in [-0.05, 0) is 31.7 Å². The molecule has 0 radical (unpaired) electrons. The number of hydrogen-bond donors (Lipinski definition) is 1. The van der Waals surface area contributed by atoms with Gasteiger partial charge in [-0.15, -0.1) is 0 Å². The van der Waals surface area contributed by atoms with E-state index in [9.17, 15) is 0 Å². The maximum Gasteiger partial charge on any atom is 0.230 e. The molecule has 6 heteroatoms. The Morgan fingerprint density at radius 2 is 2.11 bits per heavy atom. The van der Waals surface area contributed by atoms with Gasteiger partial charge in [0.2, 0.25) is 11.7 Å². The molecule has 2 N–H and O–H groups in total. The summed E-state index contributed by atoms with van der Waals surface area (Å²) in [5, 5.41) is 8.26. The average molecular weight is 247 g/mol. The second-order valence-corrected chi connectivity index (χ2v) is 4.94. The Balaban J connectivity index is 1.77. The SMILES string of the molecule is Cn1ccc(-c2noc(C3CCC(N)CC3)n2)n1. The van der Waals surface area contributed by atoms with E-state index in [-0.39, 0.29) is 0 Å². The van der Waals surface area contributed by atoms with Crippen LogP contribution in [-0.2, 0) is 7.05 Å². The quantitative estimate of drug-likeness (QED) is 0.868. The van der Waals surface area contributed by atoms with Crippen LogP contribution in [-0.4, -0.2) is 26.0 Å². The van der Waals surface area contributed by atoms with E-state index in [0.29, 0.717) is 17.8 Å². The lowest BCUT2D eigenvalue weighted by Gasteiger charge is -2.22. The Morgan fingerprint density at radius 3 is 2.78 bits per heavy atom. The molecule has 3 rings (SSSR count). The van der Waals surface area contributed by atoms with Crippen molar-refractivity contribution < 1.29 is 4.52 Å². The summed E-state index contributed by atoms with van der Waals surface area (Å²) in [6.07, 6.45) is 6.00. The van der Waals surface area contributed by atoms with Crippen LogP contribution in [0.2, 0.25) is 0 Å². The third kappa shape index (κ3) is 2.15. The van der Waals surface area contributed by atoms with Crippen molar-refractivity contribution in [2.24, 2.45) is 12.8 Å². The molecule has 0 unspecified atom stereocenters. The lowest BCUT2D eigenvalue weighted by atomic mass is 9.86. The van der Waals surface area contributed by atoms with Crippen LogP contribution in [0.5, 0.6) is 0 Å². The van der Waals surface area contributed by atoms with Crippen molar-refractivity contribution in [1.29, 1.82) is 0 Å². The summed E-state index contributed by atoms with van der Waals surface area (Å²) in [5.41, 5.74) is 6.64. The second-order valence-electron chi connectivity index (χ2n) is 4.94. The highest BCUT2D eigenvalue weighted by Gasteiger charge is 2.25. The van der Waals surface area contributed by atoms with Crippen LogP contribution < -0.4 is 5.73 Å². The Kier molecular flexibility index (Phi) is 2.87. The fourth-order valence-corrected chi connectivity index (χ4v) is 2.41. The van der Waals surface area contributed by atoms with Crippen molar-refractivity contribution in [2.45, 2.75) is 37.6 Å². The number of rotatable bonds is 2. The normalized spacial score (nSPS) is 24.3. The van der Waals surface area contributed by atoms with Crippen molar-refractivity contribution in [2.75, 3.05) is 0 Å². The summed E-state index contributed by atoms with van der Waals surface area (Å²) in [7, 11) is 1.87. The third-order valence-corrected chi connectivity index (χ3v) is 3.51. The largest absolute Gasteiger partial charge is 0.339 e. The van der Waals surface area contributed by atoms with E-state index in [1.807, 2.05) is 19.3 Å². The number of aryl methyl sites for hydroxylation is 1. The van der Waals surface area contributed by atoms with Crippen molar-refractivity contribution in [3.05, 3.63) is 18.2 Å². The molecule has 2 aromatic rings. The summed E-state index contributed by atoms with van der Waals surface area (Å²) in [6, 6.07) is 2.21. The molecule has 2 aromatic heterocycles. The molecule has 0 aromatic carbocycles. The van der Waals surface area contributed by atoms with Crippen LogP contribution in [0.1, 0.15) is 37.5 Å². The van der Waals surface area contributed by atoms with Crippen LogP contribution in [0.25, 0.3) is 11.5 Å². The van der Waals surface area contributed by atoms with Gasteiger partial charge in [0, 0.05) is 25.2 Å². The molecule has 1 aliphatic rings. The first-order valence-electron chi connectivity index (χ1n) is 6.31. The van der Waals surface area contributed by atoms with Crippen LogP contribution in [0.3, 0.4) is 0 Å². The molecule has 0 aliphatic heterocycles. The van der Waals surface area contributed by atoms with Crippen molar-refractivity contribution in [3.8, 4) is 11.5 Å². The molecule has 0 atom stereocenters. The molecule has 96 valence electrons. The summed E-state index contributed by atoms with van der Waals surface area (Å²) in [4.78, 5) is 4.45. The fraction of sp³-hybridized carbons (Fsp3) is 0.583. The van der Waals surface area contributed by atoms with Crippen molar-refractivity contribution >= 4 is 0 Å². The van der Waals surface area contributed by atoms with E-state index in [4.69, 9.17) is 10.3 Å². The van der Waals surface area contributed by atoms with Gasteiger partial charge in [0.1, 0.15) is 5.69 Å². The van der Waals surface area contributed by atoms with Gasteiger partial charge in [0.25, 0.3) is 0 Å². The van der Waals surface area contributed by atoms with Crippen LogP contribution in [0.15, 0.2) is 16.8 Å². The molecular weight excluding hydrogens is 230 g/mol. The first kappa shape index (κ1) is 11.4. The van der Waals surface area contributed by atoms with Crippen molar-refractivity contribution in [1.82, 2.24) is 19.9 Å². The maximum atomic E-state index is 5.89. The minimum Gasteiger partial charge on any atom is -0.339 e. The minimum atomic E-state index is 0.333. The zero-order valence-corrected chi connectivity index (χ0v) is 10.4. The minimum absolute atomic E-state index is 0.333. The summed E-state index contributed by atoms with van der Waals surface area (Å²) in [6.45, 7) is 0. The molecule has 0 amide bonds. The Bertz CT molecular complexity index is 524. The molecule has 0 spiro atoms. The predicted octanol–water partition coefficient (Wildman–Crippen LogP) is 1.46. The van der Waals surface area contributed by atoms with Crippen molar-refractivity contribution in [3.63, 3.8) is 0 Å². The van der Waals surface area contributed by atoms with Gasteiger partial charge >= 0.3 is 0 Å². The standard InChI is InChI=1S/C12H17N5O/c1-17-7-6-10(15-17)11-14-12(18-16-11)8-2-4-9(13)5-3-8/h6-9H,2-5,13H2,1H3. The highest BCUT2D eigenvalue weighted by molar-refractivity contribution is 5.46. The van der Waals surface area contributed by atoms with Gasteiger partial charge in [0.15, 0.2) is 0 Å². The van der Waals surface area contributed by atoms with Crippen LogP contribution >= 0.6 is 0 Å². The highest BCUT2D eigenvalue weighted by Crippen LogP contribution is 2.31. The second kappa shape index (κ2) is 4.53. The zero-order chi connectivity index (χ0) is 12.5.